The van der Waals surface area contributed by atoms with Crippen LogP contribution in [0, 0.1) is 0 Å². The highest BCUT2D eigenvalue weighted by Crippen LogP contribution is 2.39. The van der Waals surface area contributed by atoms with Crippen LogP contribution in [-0.2, 0) is 22.3 Å². The number of hydrogen-bond donors (Lipinski definition) is 2. The number of Topliss-reactive ketones (excluding diaryl/α,β-unsaturated/α-hetero) is 1. The Balaban J connectivity index is 1.79. The lowest BCUT2D eigenvalue weighted by molar-refractivity contribution is -0.137. The first kappa shape index (κ1) is 16.1. The van der Waals surface area contributed by atoms with E-state index in [1.54, 1.807) is 0 Å². The van der Waals surface area contributed by atoms with Crippen molar-refractivity contribution in [2.24, 2.45) is 10.8 Å². The van der Waals surface area contributed by atoms with Crippen molar-refractivity contribution in [1.29, 1.82) is 0 Å². The van der Waals surface area contributed by atoms with Gasteiger partial charge in [-0.3, -0.25) is 15.6 Å². The summed E-state index contributed by atoms with van der Waals surface area (Å²) in [6, 6.07) is 4.10. The summed E-state index contributed by atoms with van der Waals surface area (Å²) < 4.78 is 43.1. The van der Waals surface area contributed by atoms with E-state index in [0.29, 0.717) is 30.7 Å². The first-order chi connectivity index (χ1) is 10.9. The molecule has 23 heavy (non-hydrogen) atoms. The summed E-state index contributed by atoms with van der Waals surface area (Å²) in [4.78, 5) is 16.3. The van der Waals surface area contributed by atoms with Crippen LogP contribution in [0.1, 0.15) is 24.0 Å². The molecule has 1 aliphatic carbocycles. The van der Waals surface area contributed by atoms with E-state index in [9.17, 15) is 18.0 Å². The second-order valence-corrected chi connectivity index (χ2v) is 5.75. The van der Waals surface area contributed by atoms with E-state index in [-0.39, 0.29) is 12.3 Å². The number of alkyl halides is 3. The van der Waals surface area contributed by atoms with E-state index in [2.05, 4.69) is 10.4 Å². The van der Waals surface area contributed by atoms with Crippen LogP contribution in [0.25, 0.3) is 0 Å². The number of nitrogens with zero attached hydrogens (tertiary/aromatic N) is 1. The zero-order chi connectivity index (χ0) is 16.7. The van der Waals surface area contributed by atoms with Gasteiger partial charge in [-0.1, -0.05) is 12.1 Å². The Morgan fingerprint density at radius 2 is 2.00 bits per heavy atom. The van der Waals surface area contributed by atoms with Gasteiger partial charge in [0.05, 0.1) is 24.4 Å². The fourth-order valence-electron chi connectivity index (χ4n) is 2.78. The Morgan fingerprint density at radius 3 is 2.52 bits per heavy atom. The van der Waals surface area contributed by atoms with Crippen LogP contribution >= 0.6 is 0 Å². The molecule has 0 aromatic heterocycles. The number of rotatable bonds is 3. The predicted octanol–water partition coefficient (Wildman–Crippen LogP) is 1.61. The van der Waals surface area contributed by atoms with Gasteiger partial charge in [-0.05, 0) is 24.1 Å². The molecule has 1 saturated carbocycles. The summed E-state index contributed by atoms with van der Waals surface area (Å²) in [6.07, 6.45) is -3.43. The van der Waals surface area contributed by atoms with Crippen molar-refractivity contribution in [3.8, 4) is 0 Å². The Labute approximate surface area is 130 Å². The second kappa shape index (κ2) is 5.70. The monoisotopic (exact) mass is 327 g/mol. The number of aliphatic imine (C=N–C) groups is 1. The van der Waals surface area contributed by atoms with E-state index < -0.39 is 23.4 Å². The minimum absolute atomic E-state index is 0.0557. The average Bonchev–Trinajstić information content (AvgIpc) is 3.28. The van der Waals surface area contributed by atoms with Crippen molar-refractivity contribution in [1.82, 2.24) is 5.43 Å². The van der Waals surface area contributed by atoms with Crippen LogP contribution in [0.2, 0.25) is 0 Å². The van der Waals surface area contributed by atoms with Crippen LogP contribution in [0.5, 0.6) is 0 Å². The van der Waals surface area contributed by atoms with Crippen molar-refractivity contribution < 1.29 is 22.7 Å². The van der Waals surface area contributed by atoms with Gasteiger partial charge in [0.1, 0.15) is 11.6 Å². The number of ketones is 1. The molecular weight excluding hydrogens is 311 g/mol. The van der Waals surface area contributed by atoms with Crippen LogP contribution in [0.3, 0.4) is 0 Å². The quantitative estimate of drug-likeness (QED) is 0.502. The molecule has 1 aliphatic heterocycles. The van der Waals surface area contributed by atoms with Gasteiger partial charge in [0.25, 0.3) is 0 Å². The molecule has 1 aromatic rings. The summed E-state index contributed by atoms with van der Waals surface area (Å²) in [7, 11) is 0. The van der Waals surface area contributed by atoms with Crippen molar-refractivity contribution in [2.45, 2.75) is 37.2 Å². The number of hydrazine groups is 1. The molecular formula is C15H16F3N3O2. The lowest BCUT2D eigenvalue weighted by Crippen LogP contribution is -2.55. The molecule has 2 fully saturated rings. The van der Waals surface area contributed by atoms with E-state index >= 15 is 0 Å². The zero-order valence-electron chi connectivity index (χ0n) is 12.2. The molecule has 3 rings (SSSR count). The van der Waals surface area contributed by atoms with Crippen LogP contribution < -0.4 is 11.3 Å². The molecule has 1 aromatic carbocycles. The molecule has 8 heteroatoms. The summed E-state index contributed by atoms with van der Waals surface area (Å²) >= 11 is 0. The Kier molecular flexibility index (Phi) is 3.99. The zero-order valence-corrected chi connectivity index (χ0v) is 12.2. The number of benzene rings is 1. The van der Waals surface area contributed by atoms with Gasteiger partial charge in [0.2, 0.25) is 0 Å². The van der Waals surface area contributed by atoms with Gasteiger partial charge in [-0.25, -0.2) is 5.43 Å². The lowest BCUT2D eigenvalue weighted by Gasteiger charge is -2.27. The molecule has 1 saturated heterocycles. The molecule has 2 atom stereocenters. The number of halogens is 3. The number of epoxide rings is 1. The highest BCUT2D eigenvalue weighted by molar-refractivity contribution is 6.15. The number of nitrogens with two attached hydrogens (primary N) is 1. The maximum Gasteiger partial charge on any atom is 0.416 e. The minimum Gasteiger partial charge on any atom is -0.363 e. The van der Waals surface area contributed by atoms with Gasteiger partial charge < -0.3 is 4.74 Å². The molecule has 2 unspecified atom stereocenters. The third-order valence-electron chi connectivity index (χ3n) is 4.21. The second-order valence-electron chi connectivity index (χ2n) is 5.75. The molecule has 0 bridgehead atoms. The maximum atomic E-state index is 12.5. The van der Waals surface area contributed by atoms with E-state index in [1.165, 1.54) is 12.1 Å². The van der Waals surface area contributed by atoms with Gasteiger partial charge in [0.15, 0.2) is 5.78 Å². The SMILES string of the molecule is NNC1C(=O)CCC2(CO2)C1=NCc1ccc(C(F)(F)F)cc1. The Morgan fingerprint density at radius 1 is 1.35 bits per heavy atom. The molecule has 124 valence electrons. The lowest BCUT2D eigenvalue weighted by atomic mass is 9.83. The molecule has 0 amide bonds. The van der Waals surface area contributed by atoms with Gasteiger partial charge in [0, 0.05) is 6.42 Å². The van der Waals surface area contributed by atoms with Crippen LogP contribution in [-0.4, -0.2) is 29.7 Å². The molecule has 1 spiro atoms. The van der Waals surface area contributed by atoms with Gasteiger partial charge in [-0.15, -0.1) is 0 Å². The van der Waals surface area contributed by atoms with E-state index in [4.69, 9.17) is 10.6 Å². The normalized spacial score (nSPS) is 29.3. The highest BCUT2D eigenvalue weighted by Gasteiger charge is 2.55. The summed E-state index contributed by atoms with van der Waals surface area (Å²) in [6.45, 7) is 0.661. The number of carbonyl (C=O) groups excluding carboxylic acids is 1. The average molecular weight is 327 g/mol. The van der Waals surface area contributed by atoms with Crippen LogP contribution in [0.15, 0.2) is 29.3 Å². The first-order valence-electron chi connectivity index (χ1n) is 7.19. The summed E-state index contributed by atoms with van der Waals surface area (Å²) in [5, 5.41) is 0. The number of hydrogen-bond acceptors (Lipinski definition) is 5. The maximum absolute atomic E-state index is 12.5. The third kappa shape index (κ3) is 3.15. The van der Waals surface area contributed by atoms with E-state index in [1.807, 2.05) is 0 Å². The van der Waals surface area contributed by atoms with Crippen molar-refractivity contribution >= 4 is 11.5 Å². The number of carbonyl (C=O) groups is 1. The molecule has 1 heterocycles. The summed E-state index contributed by atoms with van der Waals surface area (Å²) in [5.74, 6) is 5.38. The predicted molar refractivity (Wildman–Crippen MR) is 76.6 cm³/mol. The third-order valence-corrected chi connectivity index (χ3v) is 4.21. The van der Waals surface area contributed by atoms with Gasteiger partial charge in [-0.2, -0.15) is 13.2 Å². The van der Waals surface area contributed by atoms with Crippen molar-refractivity contribution in [3.05, 3.63) is 35.4 Å². The largest absolute Gasteiger partial charge is 0.416 e. The molecule has 3 N–H and O–H groups in total. The number of nitrogens with one attached hydrogen (secondary N) is 1. The fourth-order valence-corrected chi connectivity index (χ4v) is 2.78. The summed E-state index contributed by atoms with van der Waals surface area (Å²) in [5.41, 5.74) is 2.38. The minimum atomic E-state index is -4.36. The Bertz CT molecular complexity index is 636. The highest BCUT2D eigenvalue weighted by atomic mass is 19.4. The first-order valence-corrected chi connectivity index (χ1v) is 7.19. The molecule has 0 radical (unpaired) electrons. The van der Waals surface area contributed by atoms with Crippen molar-refractivity contribution in [3.63, 3.8) is 0 Å². The topological polar surface area (TPSA) is 80.0 Å². The van der Waals surface area contributed by atoms with Crippen LogP contribution in [0.4, 0.5) is 13.2 Å². The van der Waals surface area contributed by atoms with E-state index in [0.717, 1.165) is 12.1 Å². The molecule has 5 nitrogen and oxygen atoms in total. The fraction of sp³-hybridized carbons (Fsp3) is 0.467. The smallest absolute Gasteiger partial charge is 0.363 e. The van der Waals surface area contributed by atoms with Crippen molar-refractivity contribution in [2.75, 3.05) is 6.61 Å². The standard InChI is InChI=1S/C15H16F3N3O2/c16-15(17,18)10-3-1-9(2-4-10)7-20-13-12(21-19)11(22)5-6-14(13)8-23-14/h1-4,12,21H,5-8,19H2. The number of ether oxygens (including phenoxy) is 1. The Hall–Kier alpha value is -1.77. The molecule has 2 aliphatic rings. The van der Waals surface area contributed by atoms with Gasteiger partial charge >= 0.3 is 6.18 Å².